The molecule has 0 saturated heterocycles. The predicted octanol–water partition coefficient (Wildman–Crippen LogP) is 2.85. The highest BCUT2D eigenvalue weighted by atomic mass is 16.6. The van der Waals surface area contributed by atoms with Crippen molar-refractivity contribution in [2.45, 2.75) is 20.4 Å². The van der Waals surface area contributed by atoms with Gasteiger partial charge in [0.1, 0.15) is 0 Å². The number of nitrogens with zero attached hydrogens (tertiary/aromatic N) is 4. The first kappa shape index (κ1) is 23.1. The molecule has 11 nitrogen and oxygen atoms in total. The Kier molecular flexibility index (Phi) is 7.13. The summed E-state index contributed by atoms with van der Waals surface area (Å²) in [6, 6.07) is 13.0. The number of aromatic nitrogens is 2. The maximum absolute atomic E-state index is 12.3. The Labute approximate surface area is 188 Å². The van der Waals surface area contributed by atoms with Gasteiger partial charge in [-0.1, -0.05) is 12.1 Å². The molecule has 0 aliphatic heterocycles. The van der Waals surface area contributed by atoms with Crippen LogP contribution in [0.1, 0.15) is 34.1 Å². The number of benzene rings is 2. The molecule has 1 heterocycles. The molecule has 1 aromatic heterocycles. The van der Waals surface area contributed by atoms with E-state index in [4.69, 9.17) is 9.47 Å². The van der Waals surface area contributed by atoms with Crippen LogP contribution in [0.2, 0.25) is 0 Å². The molecule has 0 atom stereocenters. The van der Waals surface area contributed by atoms with Crippen LogP contribution in [0.25, 0.3) is 0 Å². The predicted molar refractivity (Wildman–Crippen MR) is 119 cm³/mol. The Morgan fingerprint density at radius 2 is 1.91 bits per heavy atom. The van der Waals surface area contributed by atoms with Gasteiger partial charge in [-0.15, -0.1) is 0 Å². The van der Waals surface area contributed by atoms with Crippen LogP contribution >= 0.6 is 0 Å². The lowest BCUT2D eigenvalue weighted by molar-refractivity contribution is -0.389. The molecule has 33 heavy (non-hydrogen) atoms. The molecule has 0 aliphatic carbocycles. The molecule has 1 N–H and O–H groups in total. The Balaban J connectivity index is 1.61. The van der Waals surface area contributed by atoms with Gasteiger partial charge in [-0.2, -0.15) is 9.78 Å². The number of methoxy groups -OCH3 is 1. The molecule has 11 heteroatoms. The minimum Gasteiger partial charge on any atom is -0.493 e. The average molecular weight is 451 g/mol. The molecule has 0 spiro atoms. The SMILES string of the molecule is COc1cc(/C=N/NC(=O)c2ccc(Cn3nc([N+](=O)[O-])cc3C)cc2)ccc1OC(C)=O. The van der Waals surface area contributed by atoms with Crippen molar-refractivity contribution in [3.05, 3.63) is 81.0 Å². The molecule has 2 aromatic carbocycles. The van der Waals surface area contributed by atoms with Crippen LogP contribution in [0.4, 0.5) is 5.82 Å². The maximum Gasteiger partial charge on any atom is 0.390 e. The molecule has 170 valence electrons. The summed E-state index contributed by atoms with van der Waals surface area (Å²) in [6.07, 6.45) is 1.43. The number of nitrogens with one attached hydrogen (secondary N) is 1. The van der Waals surface area contributed by atoms with Crippen molar-refractivity contribution in [3.63, 3.8) is 0 Å². The first-order valence-corrected chi connectivity index (χ1v) is 9.74. The number of esters is 1. The van der Waals surface area contributed by atoms with Gasteiger partial charge >= 0.3 is 11.8 Å². The molecule has 0 radical (unpaired) electrons. The zero-order valence-electron chi connectivity index (χ0n) is 18.1. The van der Waals surface area contributed by atoms with E-state index in [1.165, 1.54) is 31.0 Å². The zero-order chi connectivity index (χ0) is 24.0. The molecular weight excluding hydrogens is 430 g/mol. The molecule has 0 bridgehead atoms. The van der Waals surface area contributed by atoms with Gasteiger partial charge in [0.25, 0.3) is 5.91 Å². The molecule has 3 aromatic rings. The van der Waals surface area contributed by atoms with E-state index in [1.54, 1.807) is 49.4 Å². The Morgan fingerprint density at radius 3 is 2.52 bits per heavy atom. The van der Waals surface area contributed by atoms with E-state index in [1.807, 2.05) is 0 Å². The standard InChI is InChI=1S/C22H21N5O6/c1-14-10-21(27(30)31)25-26(14)13-16-4-7-18(8-5-16)22(29)24-23-12-17-6-9-19(33-15(2)28)20(11-17)32-3/h4-12H,13H2,1-3H3,(H,24,29)/b23-12+. The van der Waals surface area contributed by atoms with E-state index in [0.717, 1.165) is 5.56 Å². The molecular formula is C22H21N5O6. The number of hydrogen-bond donors (Lipinski definition) is 1. The number of ether oxygens (including phenoxy) is 2. The summed E-state index contributed by atoms with van der Waals surface area (Å²) in [7, 11) is 1.45. The van der Waals surface area contributed by atoms with Gasteiger partial charge in [0.2, 0.25) is 0 Å². The van der Waals surface area contributed by atoms with Crippen molar-refractivity contribution < 1.29 is 24.0 Å². The molecule has 0 saturated carbocycles. The lowest BCUT2D eigenvalue weighted by atomic mass is 10.1. The second-order valence-electron chi connectivity index (χ2n) is 6.96. The maximum atomic E-state index is 12.3. The topological polar surface area (TPSA) is 138 Å². The van der Waals surface area contributed by atoms with Crippen molar-refractivity contribution in [3.8, 4) is 11.5 Å². The second kappa shape index (κ2) is 10.2. The fraction of sp³-hybridized carbons (Fsp3) is 0.182. The fourth-order valence-corrected chi connectivity index (χ4v) is 2.91. The number of carbonyl (C=O) groups is 2. The Bertz CT molecular complexity index is 1220. The summed E-state index contributed by atoms with van der Waals surface area (Å²) in [6.45, 7) is 3.37. The number of aryl methyl sites for hydroxylation is 1. The lowest BCUT2D eigenvalue weighted by Gasteiger charge is -2.08. The number of amides is 1. The summed E-state index contributed by atoms with van der Waals surface area (Å²) >= 11 is 0. The number of rotatable bonds is 8. The Hall–Kier alpha value is -4.54. The van der Waals surface area contributed by atoms with Gasteiger partial charge in [0, 0.05) is 12.5 Å². The normalized spacial score (nSPS) is 10.8. The van der Waals surface area contributed by atoms with Gasteiger partial charge < -0.3 is 19.6 Å². The largest absolute Gasteiger partial charge is 0.493 e. The first-order chi connectivity index (χ1) is 15.8. The van der Waals surface area contributed by atoms with Gasteiger partial charge in [-0.05, 0) is 53.3 Å². The molecule has 0 unspecified atom stereocenters. The third-order valence-electron chi connectivity index (χ3n) is 4.52. The van der Waals surface area contributed by atoms with Crippen LogP contribution in [-0.2, 0) is 11.3 Å². The van der Waals surface area contributed by atoms with E-state index >= 15 is 0 Å². The van der Waals surface area contributed by atoms with Crippen LogP contribution in [0.3, 0.4) is 0 Å². The minimum atomic E-state index is -0.540. The third-order valence-corrected chi connectivity index (χ3v) is 4.52. The highest BCUT2D eigenvalue weighted by Gasteiger charge is 2.15. The number of hydrazone groups is 1. The number of nitro groups is 1. The highest BCUT2D eigenvalue weighted by molar-refractivity contribution is 5.95. The van der Waals surface area contributed by atoms with Crippen molar-refractivity contribution in [2.75, 3.05) is 7.11 Å². The van der Waals surface area contributed by atoms with E-state index in [2.05, 4.69) is 15.6 Å². The lowest BCUT2D eigenvalue weighted by Crippen LogP contribution is -2.17. The molecule has 0 fully saturated rings. The van der Waals surface area contributed by atoms with Gasteiger partial charge in [-0.25, -0.2) is 5.43 Å². The van der Waals surface area contributed by atoms with Crippen LogP contribution in [0.15, 0.2) is 53.6 Å². The molecule has 0 aliphatic rings. The van der Waals surface area contributed by atoms with Gasteiger partial charge in [-0.3, -0.25) is 9.59 Å². The summed E-state index contributed by atoms with van der Waals surface area (Å²) in [4.78, 5) is 33.8. The van der Waals surface area contributed by atoms with E-state index in [-0.39, 0.29) is 11.6 Å². The summed E-state index contributed by atoms with van der Waals surface area (Å²) in [5, 5.41) is 18.7. The Morgan fingerprint density at radius 1 is 1.18 bits per heavy atom. The van der Waals surface area contributed by atoms with Crippen LogP contribution in [0.5, 0.6) is 11.5 Å². The molecule has 1 amide bonds. The minimum absolute atomic E-state index is 0.208. The van der Waals surface area contributed by atoms with Gasteiger partial charge in [0.15, 0.2) is 11.5 Å². The van der Waals surface area contributed by atoms with E-state index < -0.39 is 16.8 Å². The average Bonchev–Trinajstić information content (AvgIpc) is 3.15. The smallest absolute Gasteiger partial charge is 0.390 e. The second-order valence-corrected chi connectivity index (χ2v) is 6.96. The summed E-state index contributed by atoms with van der Waals surface area (Å²) in [5.41, 5.74) is 4.95. The van der Waals surface area contributed by atoms with Crippen molar-refractivity contribution in [1.29, 1.82) is 0 Å². The van der Waals surface area contributed by atoms with Crippen molar-refractivity contribution >= 4 is 23.9 Å². The molecule has 3 rings (SSSR count). The number of carbonyl (C=O) groups excluding carboxylic acids is 2. The third kappa shape index (κ3) is 6.00. The van der Waals surface area contributed by atoms with Crippen LogP contribution in [-0.4, -0.2) is 39.9 Å². The quantitative estimate of drug-likeness (QED) is 0.183. The zero-order valence-corrected chi connectivity index (χ0v) is 18.1. The summed E-state index contributed by atoms with van der Waals surface area (Å²) in [5.74, 6) is -0.443. The van der Waals surface area contributed by atoms with Gasteiger partial charge in [0.05, 0.1) is 36.7 Å². The van der Waals surface area contributed by atoms with Crippen LogP contribution < -0.4 is 14.9 Å². The summed E-state index contributed by atoms with van der Waals surface area (Å²) < 4.78 is 11.8. The van der Waals surface area contributed by atoms with Crippen molar-refractivity contribution in [2.24, 2.45) is 5.10 Å². The fourth-order valence-electron chi connectivity index (χ4n) is 2.91. The first-order valence-electron chi connectivity index (χ1n) is 9.74. The highest BCUT2D eigenvalue weighted by Crippen LogP contribution is 2.27. The van der Waals surface area contributed by atoms with E-state index in [0.29, 0.717) is 29.1 Å². The van der Waals surface area contributed by atoms with Crippen molar-refractivity contribution in [1.82, 2.24) is 15.2 Å². The van der Waals surface area contributed by atoms with E-state index in [9.17, 15) is 19.7 Å². The monoisotopic (exact) mass is 451 g/mol. The van der Waals surface area contributed by atoms with Crippen LogP contribution in [0, 0.1) is 17.0 Å². The number of hydrogen-bond acceptors (Lipinski definition) is 8.